The topological polar surface area (TPSA) is 178 Å². The highest BCUT2D eigenvalue weighted by molar-refractivity contribution is 7.09. The molecule has 0 radical (unpaired) electrons. The second-order valence-corrected chi connectivity index (χ2v) is 1.36. The summed E-state index contributed by atoms with van der Waals surface area (Å²) >= 11 is 0. The molecular weight excluding hydrogens is 275 g/mol. The zero-order valence-corrected chi connectivity index (χ0v) is 8.55. The van der Waals surface area contributed by atoms with Crippen molar-refractivity contribution in [1.29, 1.82) is 5.53 Å². The Hall–Kier alpha value is -1.33. The lowest BCUT2D eigenvalue weighted by atomic mass is 12.5. The Balaban J connectivity index is 3.05. The lowest BCUT2D eigenvalue weighted by Gasteiger charge is -1.96. The molecule has 1 unspecified atom stereocenters. The fraction of sp³-hybridized carbons (Fsp3) is 0. The summed E-state index contributed by atoms with van der Waals surface area (Å²) in [4.78, 5) is 3.72. The van der Waals surface area contributed by atoms with Gasteiger partial charge in [-0.25, -0.2) is 0 Å². The van der Waals surface area contributed by atoms with E-state index in [0.717, 1.165) is 0 Å². The van der Waals surface area contributed by atoms with Crippen molar-refractivity contribution < 1.29 is 50.0 Å². The van der Waals surface area contributed by atoms with Gasteiger partial charge < -0.3 is 0 Å². The van der Waals surface area contributed by atoms with E-state index in [4.69, 9.17) is 5.53 Å². The summed E-state index contributed by atoms with van der Waals surface area (Å²) in [6.45, 7) is 0. The molecule has 0 aliphatic carbocycles. The second kappa shape index (κ2) is 14.7. The zero-order valence-electron chi connectivity index (χ0n) is 7.40. The Labute approximate surface area is 92.3 Å². The number of nitrogens with zero attached hydrogens (tertiary/aromatic N) is 5. The van der Waals surface area contributed by atoms with Crippen LogP contribution >= 0.6 is 9.47 Å². The normalized spacial score (nSPS) is 11.4. The molecule has 17 heavy (non-hydrogen) atoms. The van der Waals surface area contributed by atoms with Gasteiger partial charge in [0.15, 0.2) is 0 Å². The van der Waals surface area contributed by atoms with E-state index >= 15 is 0 Å². The van der Waals surface area contributed by atoms with Crippen LogP contribution in [0.15, 0.2) is 26.2 Å². The number of rotatable bonds is 12. The monoisotopic (exact) mass is 278 g/mol. The van der Waals surface area contributed by atoms with Crippen LogP contribution in [-0.2, 0) is 50.0 Å². The summed E-state index contributed by atoms with van der Waals surface area (Å²) in [5.74, 6) is 0. The maximum Gasteiger partial charge on any atom is 0.0907 e. The van der Waals surface area contributed by atoms with Crippen molar-refractivity contribution in [1.82, 2.24) is 0 Å². The van der Waals surface area contributed by atoms with Gasteiger partial charge in [-0.05, 0) is 30.6 Å². The minimum Gasteiger partial charge on any atom is -0.189 e. The van der Waals surface area contributed by atoms with Crippen LogP contribution in [0.2, 0.25) is 0 Å². The molecule has 0 bridgehead atoms. The standard InChI is InChI=1S/H3N6O10P/c1-2-3-4-5-6-7-8-9-10-11-12-13-14-15-16-17/h1H,17H2/b2-1?,4-3+,6-5+. The molecule has 0 aliphatic rings. The molecule has 98 valence electrons. The third-order valence-corrected chi connectivity index (χ3v) is 0.537. The quantitative estimate of drug-likeness (QED) is 0.177. The fourth-order valence-electron chi connectivity index (χ4n) is 0.179. The molecule has 0 amide bonds. The van der Waals surface area contributed by atoms with Crippen LogP contribution in [0.25, 0.3) is 0 Å². The highest BCUT2D eigenvalue weighted by Gasteiger charge is 1.95. The van der Waals surface area contributed by atoms with Gasteiger partial charge in [0.1, 0.15) is 0 Å². The fourth-order valence-corrected chi connectivity index (χ4v) is 0.211. The minimum atomic E-state index is 1.66. The average molecular weight is 278 g/mol. The van der Waals surface area contributed by atoms with Gasteiger partial charge in [-0.3, -0.25) is 0 Å². The first-order valence-electron chi connectivity index (χ1n) is 2.94. The predicted octanol–water partition coefficient (Wildman–Crippen LogP) is 0.858. The first-order valence-corrected chi connectivity index (χ1v) is 3.41. The summed E-state index contributed by atoms with van der Waals surface area (Å²) < 4.78 is 3.80. The van der Waals surface area contributed by atoms with E-state index in [1.807, 2.05) is 0 Å². The Morgan fingerprint density at radius 3 is 1.88 bits per heavy atom. The van der Waals surface area contributed by atoms with Crippen LogP contribution in [0.1, 0.15) is 0 Å². The van der Waals surface area contributed by atoms with Gasteiger partial charge in [0, 0.05) is 40.1 Å². The van der Waals surface area contributed by atoms with Gasteiger partial charge in [0.05, 0.1) is 5.28 Å². The predicted molar refractivity (Wildman–Crippen MR) is 35.4 cm³/mol. The molecule has 0 heterocycles. The largest absolute Gasteiger partial charge is 0.189 e. The molecule has 0 rings (SSSR count). The van der Waals surface area contributed by atoms with Crippen molar-refractivity contribution in [3.63, 3.8) is 0 Å². The van der Waals surface area contributed by atoms with Gasteiger partial charge >= 0.3 is 0 Å². The minimum absolute atomic E-state index is 1.66. The summed E-state index contributed by atoms with van der Waals surface area (Å²) in [7, 11) is 1.66. The van der Waals surface area contributed by atoms with Crippen molar-refractivity contribution in [3.8, 4) is 0 Å². The van der Waals surface area contributed by atoms with Gasteiger partial charge in [-0.2, -0.15) is 15.2 Å². The molecule has 0 aromatic heterocycles. The molecule has 0 aromatic carbocycles. The molecule has 17 heteroatoms. The highest BCUT2D eigenvalue weighted by atomic mass is 31.0. The summed E-state index contributed by atoms with van der Waals surface area (Å²) in [5.41, 5.74) is 6.13. The van der Waals surface area contributed by atoms with Crippen LogP contribution in [0.4, 0.5) is 0 Å². The molecule has 16 nitrogen and oxygen atoms in total. The van der Waals surface area contributed by atoms with Crippen molar-refractivity contribution in [2.24, 2.45) is 26.2 Å². The van der Waals surface area contributed by atoms with Gasteiger partial charge in [-0.1, -0.05) is 0 Å². The molecule has 0 aliphatic heterocycles. The van der Waals surface area contributed by atoms with E-state index < -0.39 is 0 Å². The van der Waals surface area contributed by atoms with Crippen molar-refractivity contribution >= 4 is 9.47 Å². The Morgan fingerprint density at radius 2 is 1.29 bits per heavy atom. The summed E-state index contributed by atoms with van der Waals surface area (Å²) in [6.07, 6.45) is 0. The third-order valence-electron chi connectivity index (χ3n) is 0.459. The van der Waals surface area contributed by atoms with E-state index in [1.54, 1.807) is 9.47 Å². The molecule has 1 atom stereocenters. The highest BCUT2D eigenvalue weighted by Crippen LogP contribution is 1.93. The molecule has 0 saturated heterocycles. The molecule has 0 fully saturated rings. The van der Waals surface area contributed by atoms with Crippen LogP contribution in [0.3, 0.4) is 0 Å². The van der Waals surface area contributed by atoms with Crippen molar-refractivity contribution in [2.45, 2.75) is 0 Å². The van der Waals surface area contributed by atoms with Gasteiger partial charge in [0.2, 0.25) is 0 Å². The molecule has 0 spiro atoms. The average Bonchev–Trinajstić information content (AvgIpc) is 2.35. The smallest absolute Gasteiger partial charge is 0.0907 e. The lowest BCUT2D eigenvalue weighted by molar-refractivity contribution is -0.841. The van der Waals surface area contributed by atoms with Crippen molar-refractivity contribution in [2.75, 3.05) is 0 Å². The Kier molecular flexibility index (Phi) is 13.5. The van der Waals surface area contributed by atoms with E-state index in [-0.39, 0.29) is 0 Å². The van der Waals surface area contributed by atoms with E-state index in [1.165, 1.54) is 0 Å². The number of hydrogen-bond acceptors (Lipinski definition) is 12. The Morgan fingerprint density at radius 1 is 0.706 bits per heavy atom. The second-order valence-electron chi connectivity index (χ2n) is 1.17. The lowest BCUT2D eigenvalue weighted by Crippen LogP contribution is -2.01. The maximum atomic E-state index is 6.13. The van der Waals surface area contributed by atoms with Crippen LogP contribution in [0.5, 0.6) is 0 Å². The van der Waals surface area contributed by atoms with Crippen molar-refractivity contribution in [3.05, 3.63) is 0 Å². The van der Waals surface area contributed by atoms with E-state index in [0.29, 0.717) is 0 Å². The zero-order chi connectivity index (χ0) is 12.6. The summed E-state index contributed by atoms with van der Waals surface area (Å²) in [6, 6.07) is 0. The molecular formula is H3N6O10P. The first-order chi connectivity index (χ1) is 8.41. The summed E-state index contributed by atoms with van der Waals surface area (Å²) in [5, 5.41) is 42.0. The van der Waals surface area contributed by atoms with E-state index in [2.05, 4.69) is 76.1 Å². The molecule has 0 saturated carbocycles. The maximum absolute atomic E-state index is 6.13. The molecule has 0 aromatic rings. The van der Waals surface area contributed by atoms with Gasteiger partial charge in [0.25, 0.3) is 0 Å². The third kappa shape index (κ3) is 14.7. The van der Waals surface area contributed by atoms with E-state index in [9.17, 15) is 0 Å². The van der Waals surface area contributed by atoms with Crippen LogP contribution in [0, 0.1) is 5.53 Å². The Bertz CT molecular complexity index is 219. The van der Waals surface area contributed by atoms with Crippen LogP contribution < -0.4 is 0 Å². The molecule has 1 N–H and O–H groups in total. The first kappa shape index (κ1) is 15.7. The van der Waals surface area contributed by atoms with Crippen LogP contribution in [-0.4, -0.2) is 0 Å². The number of nitrogens with one attached hydrogen (secondary N) is 1. The van der Waals surface area contributed by atoms with Gasteiger partial charge in [-0.15, -0.1) is 0 Å². The SMILES string of the molecule is N=N/N=N/N=N/OOOOOOOOOOP. The number of hydrogen-bond donors (Lipinski definition) is 1.